The molecule has 0 N–H and O–H groups in total. The largest absolute Gasteiger partial charge is 0.462 e. The van der Waals surface area contributed by atoms with Crippen LogP contribution >= 0.6 is 0 Å². The van der Waals surface area contributed by atoms with E-state index < -0.39 is 16.2 Å². The molecule has 8 unspecified atom stereocenters. The predicted octanol–water partition coefficient (Wildman–Crippen LogP) is 5.70. The molecular formula is C32H42O6. The molecule has 0 amide bonds. The minimum Gasteiger partial charge on any atom is -0.462 e. The van der Waals surface area contributed by atoms with E-state index in [4.69, 9.17) is 9.47 Å². The molecule has 0 spiro atoms. The van der Waals surface area contributed by atoms with Crippen LogP contribution in [-0.2, 0) is 28.7 Å². The lowest BCUT2D eigenvalue weighted by atomic mass is 9.44. The Bertz CT molecular complexity index is 1220. The van der Waals surface area contributed by atoms with E-state index in [1.807, 2.05) is 26.0 Å². The molecule has 8 atom stereocenters. The third kappa shape index (κ3) is 3.57. The smallest absolute Gasteiger partial charge is 0.334 e. The summed E-state index contributed by atoms with van der Waals surface area (Å²) >= 11 is 0. The summed E-state index contributed by atoms with van der Waals surface area (Å²) in [6.07, 6.45) is 8.20. The topological polar surface area (TPSA) is 86.7 Å². The van der Waals surface area contributed by atoms with Gasteiger partial charge in [-0.3, -0.25) is 14.4 Å². The number of rotatable bonds is 4. The molecule has 206 valence electrons. The number of ketones is 2. The Hall–Kier alpha value is -2.50. The number of carbonyl (C=O) groups excluding carboxylic acids is 4. The first kappa shape index (κ1) is 27.1. The minimum absolute atomic E-state index is 0.0548. The van der Waals surface area contributed by atoms with Gasteiger partial charge in [-0.25, -0.2) is 4.79 Å². The number of carbonyl (C=O) groups is 4. The van der Waals surface area contributed by atoms with Gasteiger partial charge in [-0.2, -0.15) is 0 Å². The van der Waals surface area contributed by atoms with Crippen LogP contribution in [0.25, 0.3) is 0 Å². The molecule has 38 heavy (non-hydrogen) atoms. The van der Waals surface area contributed by atoms with Crippen molar-refractivity contribution in [3.8, 4) is 0 Å². The fourth-order valence-corrected chi connectivity index (χ4v) is 9.49. The number of ether oxygens (including phenoxy) is 2. The summed E-state index contributed by atoms with van der Waals surface area (Å²) in [6.45, 7) is 16.0. The van der Waals surface area contributed by atoms with E-state index in [9.17, 15) is 19.2 Å². The number of Topliss-reactive ketones (excluding diaryl/α,β-unsaturated/α-hetero) is 1. The second kappa shape index (κ2) is 8.50. The molecule has 0 aromatic carbocycles. The van der Waals surface area contributed by atoms with Crippen LogP contribution in [0, 0.1) is 39.4 Å². The van der Waals surface area contributed by atoms with Gasteiger partial charge in [-0.05, 0) is 67.4 Å². The second-order valence-electron chi connectivity index (χ2n) is 13.9. The minimum atomic E-state index is -0.526. The van der Waals surface area contributed by atoms with Crippen molar-refractivity contribution in [2.45, 2.75) is 99.7 Å². The Morgan fingerprint density at radius 1 is 1.16 bits per heavy atom. The van der Waals surface area contributed by atoms with Gasteiger partial charge in [0.2, 0.25) is 0 Å². The van der Waals surface area contributed by atoms with Crippen LogP contribution in [0.4, 0.5) is 0 Å². The summed E-state index contributed by atoms with van der Waals surface area (Å²) in [6, 6.07) is 0. The van der Waals surface area contributed by atoms with E-state index in [1.54, 1.807) is 13.0 Å². The fraction of sp³-hybridized carbons (Fsp3) is 0.688. The average molecular weight is 523 g/mol. The van der Waals surface area contributed by atoms with Gasteiger partial charge in [-0.1, -0.05) is 53.2 Å². The molecule has 0 bridgehead atoms. The van der Waals surface area contributed by atoms with Crippen molar-refractivity contribution in [3.05, 3.63) is 34.9 Å². The van der Waals surface area contributed by atoms with Gasteiger partial charge < -0.3 is 9.47 Å². The molecule has 0 aromatic heterocycles. The van der Waals surface area contributed by atoms with Gasteiger partial charge in [0.05, 0.1) is 0 Å². The number of fused-ring (bicyclic) bond motifs is 4. The van der Waals surface area contributed by atoms with Crippen molar-refractivity contribution < 1.29 is 28.7 Å². The van der Waals surface area contributed by atoms with Crippen LogP contribution in [0.5, 0.6) is 0 Å². The number of allylic oxidation sites excluding steroid dienone is 4. The van der Waals surface area contributed by atoms with Crippen LogP contribution in [0.2, 0.25) is 0 Å². The summed E-state index contributed by atoms with van der Waals surface area (Å²) in [7, 11) is 0. The third-order valence-corrected chi connectivity index (χ3v) is 11.4. The van der Waals surface area contributed by atoms with E-state index >= 15 is 0 Å². The Balaban J connectivity index is 1.59. The van der Waals surface area contributed by atoms with Crippen molar-refractivity contribution in [1.29, 1.82) is 0 Å². The monoisotopic (exact) mass is 522 g/mol. The number of esters is 2. The molecule has 0 saturated heterocycles. The molecular weight excluding hydrogens is 480 g/mol. The van der Waals surface area contributed by atoms with Crippen LogP contribution in [0.3, 0.4) is 0 Å². The summed E-state index contributed by atoms with van der Waals surface area (Å²) in [5.74, 6) is -0.248. The normalized spacial score (nSPS) is 42.2. The Morgan fingerprint density at radius 2 is 1.84 bits per heavy atom. The first-order chi connectivity index (χ1) is 17.6. The highest BCUT2D eigenvalue weighted by atomic mass is 16.5. The summed E-state index contributed by atoms with van der Waals surface area (Å²) < 4.78 is 11.6. The number of hydrogen-bond donors (Lipinski definition) is 0. The summed E-state index contributed by atoms with van der Waals surface area (Å²) in [5, 5.41) is 0. The van der Waals surface area contributed by atoms with Gasteiger partial charge in [-0.15, -0.1) is 0 Å². The average Bonchev–Trinajstić information content (AvgIpc) is 3.22. The highest BCUT2D eigenvalue weighted by molar-refractivity contribution is 6.02. The fourth-order valence-electron chi connectivity index (χ4n) is 9.49. The zero-order chi connectivity index (χ0) is 28.0. The first-order valence-electron chi connectivity index (χ1n) is 14.1. The lowest BCUT2D eigenvalue weighted by Gasteiger charge is -2.58. The molecule has 1 fully saturated rings. The summed E-state index contributed by atoms with van der Waals surface area (Å²) in [5.41, 5.74) is 0.936. The molecule has 0 aromatic rings. The molecule has 1 saturated carbocycles. The van der Waals surface area contributed by atoms with Gasteiger partial charge >= 0.3 is 11.9 Å². The quantitative estimate of drug-likeness (QED) is 0.440. The number of cyclic esters (lactones) is 1. The van der Waals surface area contributed by atoms with Gasteiger partial charge in [0, 0.05) is 41.2 Å². The maximum atomic E-state index is 14.2. The van der Waals surface area contributed by atoms with Crippen molar-refractivity contribution in [2.24, 2.45) is 39.4 Å². The molecule has 1 heterocycles. The van der Waals surface area contributed by atoms with Gasteiger partial charge in [0.15, 0.2) is 11.6 Å². The van der Waals surface area contributed by atoms with E-state index in [1.165, 1.54) is 12.5 Å². The van der Waals surface area contributed by atoms with Crippen LogP contribution in [0.1, 0.15) is 87.5 Å². The van der Waals surface area contributed by atoms with E-state index in [0.29, 0.717) is 24.8 Å². The van der Waals surface area contributed by atoms with Gasteiger partial charge in [0.25, 0.3) is 0 Å². The van der Waals surface area contributed by atoms with Crippen molar-refractivity contribution in [2.75, 3.05) is 0 Å². The van der Waals surface area contributed by atoms with E-state index in [0.717, 1.165) is 18.4 Å². The molecule has 1 aliphatic heterocycles. The third-order valence-electron chi connectivity index (χ3n) is 11.4. The Morgan fingerprint density at radius 3 is 2.45 bits per heavy atom. The number of hydrogen-bond acceptors (Lipinski definition) is 6. The van der Waals surface area contributed by atoms with Crippen molar-refractivity contribution in [3.63, 3.8) is 0 Å². The Kier molecular flexibility index (Phi) is 6.06. The van der Waals surface area contributed by atoms with Crippen LogP contribution in [0.15, 0.2) is 34.9 Å². The Labute approximate surface area is 226 Å². The zero-order valence-corrected chi connectivity index (χ0v) is 24.1. The molecule has 5 rings (SSSR count). The van der Waals surface area contributed by atoms with E-state index in [-0.39, 0.29) is 58.9 Å². The highest BCUT2D eigenvalue weighted by Crippen LogP contribution is 2.71. The maximum absolute atomic E-state index is 14.2. The predicted molar refractivity (Wildman–Crippen MR) is 143 cm³/mol. The lowest BCUT2D eigenvalue weighted by Crippen LogP contribution is -2.54. The zero-order valence-electron chi connectivity index (χ0n) is 24.1. The molecule has 0 radical (unpaired) electrons. The van der Waals surface area contributed by atoms with Crippen molar-refractivity contribution in [1.82, 2.24) is 0 Å². The first-order valence-corrected chi connectivity index (χ1v) is 14.1. The van der Waals surface area contributed by atoms with E-state index in [2.05, 4.69) is 27.7 Å². The lowest BCUT2D eigenvalue weighted by molar-refractivity contribution is -0.150. The van der Waals surface area contributed by atoms with Gasteiger partial charge in [0.1, 0.15) is 12.2 Å². The van der Waals surface area contributed by atoms with Crippen LogP contribution in [-0.4, -0.2) is 35.7 Å². The molecule has 4 aliphatic carbocycles. The second-order valence-corrected chi connectivity index (χ2v) is 13.9. The SMILES string of the molecule is CC(=O)OC1CC2(C)C3=C(C(=O)CC2(C)C1C(C)CC1C=C(C)C(=O)O1)C1(C)C=CC(=O)C(C)(C)C1CC3. The molecule has 5 aliphatic rings. The highest BCUT2D eigenvalue weighted by Gasteiger charge is 2.68. The summed E-state index contributed by atoms with van der Waals surface area (Å²) in [4.78, 5) is 51.4. The standard InChI is InChI=1S/C32H42O6/c1-17(13-20-14-18(2)28(36)38-20)26-23(37-19(3)33)16-31(7)21-9-10-24-29(4,5)25(35)11-12-30(24,6)27(21)22(34)15-32(26,31)8/h11-12,14,17,20,23-24,26H,9-10,13,15-16H2,1-8H3. The molecule has 6 heteroatoms. The van der Waals surface area contributed by atoms with Crippen LogP contribution < -0.4 is 0 Å². The molecule has 6 nitrogen and oxygen atoms in total. The maximum Gasteiger partial charge on any atom is 0.334 e. The van der Waals surface area contributed by atoms with Crippen molar-refractivity contribution >= 4 is 23.5 Å².